The standard InChI is InChI=1S/C18H27ClN4O4/c1-26-16-11-15(21)14(19)10-13(16)18(25)27-9-8-23-6-3-12(4-7-23)22-17(24)2-5-20/h10-12H,2-9,20-21H2,1H3,(H,22,24). The van der Waals surface area contributed by atoms with Crippen LogP contribution >= 0.6 is 11.6 Å². The zero-order valence-electron chi connectivity index (χ0n) is 15.5. The molecule has 1 fully saturated rings. The Bertz CT molecular complexity index is 663. The van der Waals surface area contributed by atoms with Crippen LogP contribution in [-0.4, -0.2) is 62.7 Å². The highest BCUT2D eigenvalue weighted by Gasteiger charge is 2.21. The van der Waals surface area contributed by atoms with Crippen molar-refractivity contribution < 1.29 is 19.1 Å². The number of hydrogen-bond donors (Lipinski definition) is 3. The number of halogens is 1. The lowest BCUT2D eigenvalue weighted by atomic mass is 10.0. The van der Waals surface area contributed by atoms with Crippen molar-refractivity contribution in [2.24, 2.45) is 5.73 Å². The van der Waals surface area contributed by atoms with Crippen molar-refractivity contribution in [3.8, 4) is 5.75 Å². The van der Waals surface area contributed by atoms with E-state index in [0.717, 1.165) is 25.9 Å². The molecule has 150 valence electrons. The van der Waals surface area contributed by atoms with Crippen LogP contribution in [0.4, 0.5) is 5.69 Å². The average molecular weight is 399 g/mol. The Balaban J connectivity index is 1.75. The number of amides is 1. The Kier molecular flexibility index (Phi) is 8.15. The number of carbonyl (C=O) groups excluding carboxylic acids is 2. The summed E-state index contributed by atoms with van der Waals surface area (Å²) in [5.41, 5.74) is 11.7. The van der Waals surface area contributed by atoms with Gasteiger partial charge in [0, 0.05) is 44.7 Å². The number of esters is 1. The lowest BCUT2D eigenvalue weighted by Crippen LogP contribution is -2.45. The molecule has 0 bridgehead atoms. The number of methoxy groups -OCH3 is 1. The maximum Gasteiger partial charge on any atom is 0.342 e. The van der Waals surface area contributed by atoms with E-state index >= 15 is 0 Å². The second-order valence-electron chi connectivity index (χ2n) is 6.43. The molecule has 0 spiro atoms. The second kappa shape index (κ2) is 10.3. The fourth-order valence-corrected chi connectivity index (χ4v) is 3.14. The highest BCUT2D eigenvalue weighted by molar-refractivity contribution is 6.33. The first-order chi connectivity index (χ1) is 12.9. The third-order valence-corrected chi connectivity index (χ3v) is 4.83. The van der Waals surface area contributed by atoms with Crippen LogP contribution in [0.2, 0.25) is 5.02 Å². The molecule has 1 aromatic rings. The number of likely N-dealkylation sites (tertiary alicyclic amines) is 1. The summed E-state index contributed by atoms with van der Waals surface area (Å²) in [6, 6.07) is 3.14. The van der Waals surface area contributed by atoms with Gasteiger partial charge in [0.25, 0.3) is 0 Å². The minimum Gasteiger partial charge on any atom is -0.496 e. The minimum atomic E-state index is -0.502. The van der Waals surface area contributed by atoms with Gasteiger partial charge in [-0.1, -0.05) is 11.6 Å². The van der Waals surface area contributed by atoms with Gasteiger partial charge in [0.2, 0.25) is 5.91 Å². The molecular weight excluding hydrogens is 372 g/mol. The van der Waals surface area contributed by atoms with E-state index in [9.17, 15) is 9.59 Å². The van der Waals surface area contributed by atoms with E-state index in [1.807, 2.05) is 0 Å². The number of anilines is 1. The molecule has 1 aromatic carbocycles. The predicted molar refractivity (Wildman–Crippen MR) is 104 cm³/mol. The van der Waals surface area contributed by atoms with Gasteiger partial charge in [-0.15, -0.1) is 0 Å². The molecule has 8 nitrogen and oxygen atoms in total. The molecular formula is C18H27ClN4O4. The number of nitrogens with two attached hydrogens (primary N) is 2. The normalized spacial score (nSPS) is 15.4. The van der Waals surface area contributed by atoms with Gasteiger partial charge in [-0.2, -0.15) is 0 Å². The zero-order valence-corrected chi connectivity index (χ0v) is 16.3. The number of piperidine rings is 1. The molecule has 5 N–H and O–H groups in total. The van der Waals surface area contributed by atoms with Gasteiger partial charge < -0.3 is 26.3 Å². The van der Waals surface area contributed by atoms with E-state index in [1.165, 1.54) is 19.2 Å². The molecule has 0 aliphatic carbocycles. The lowest BCUT2D eigenvalue weighted by molar-refractivity contribution is -0.121. The number of benzene rings is 1. The minimum absolute atomic E-state index is 0.000913. The summed E-state index contributed by atoms with van der Waals surface area (Å²) in [4.78, 5) is 26.1. The van der Waals surface area contributed by atoms with Crippen molar-refractivity contribution in [3.63, 3.8) is 0 Å². The van der Waals surface area contributed by atoms with Crippen molar-refractivity contribution in [2.45, 2.75) is 25.3 Å². The van der Waals surface area contributed by atoms with Crippen LogP contribution in [-0.2, 0) is 9.53 Å². The molecule has 0 saturated carbocycles. The topological polar surface area (TPSA) is 120 Å². The maximum absolute atomic E-state index is 12.3. The van der Waals surface area contributed by atoms with Crippen LogP contribution in [0, 0.1) is 0 Å². The third kappa shape index (κ3) is 6.27. The van der Waals surface area contributed by atoms with Crippen molar-refractivity contribution in [1.29, 1.82) is 0 Å². The van der Waals surface area contributed by atoms with E-state index in [1.54, 1.807) is 0 Å². The molecule has 0 radical (unpaired) electrons. The zero-order chi connectivity index (χ0) is 19.8. The van der Waals surface area contributed by atoms with Crippen molar-refractivity contribution in [1.82, 2.24) is 10.2 Å². The summed E-state index contributed by atoms with van der Waals surface area (Å²) < 4.78 is 10.5. The fraction of sp³-hybridized carbons (Fsp3) is 0.556. The molecule has 2 rings (SSSR count). The smallest absolute Gasteiger partial charge is 0.342 e. The molecule has 0 atom stereocenters. The van der Waals surface area contributed by atoms with Gasteiger partial charge in [-0.05, 0) is 18.9 Å². The van der Waals surface area contributed by atoms with E-state index in [-0.39, 0.29) is 29.1 Å². The fourth-order valence-electron chi connectivity index (χ4n) is 2.97. The highest BCUT2D eigenvalue weighted by Crippen LogP contribution is 2.29. The first kappa shape index (κ1) is 21.3. The summed E-state index contributed by atoms with van der Waals surface area (Å²) in [6.45, 7) is 2.92. The van der Waals surface area contributed by atoms with E-state index in [0.29, 0.717) is 30.9 Å². The molecule has 27 heavy (non-hydrogen) atoms. The Morgan fingerprint density at radius 3 is 2.67 bits per heavy atom. The first-order valence-corrected chi connectivity index (χ1v) is 9.34. The molecule has 1 amide bonds. The molecule has 1 aliphatic heterocycles. The number of ether oxygens (including phenoxy) is 2. The summed E-state index contributed by atoms with van der Waals surface area (Å²) >= 11 is 5.98. The highest BCUT2D eigenvalue weighted by atomic mass is 35.5. The van der Waals surface area contributed by atoms with Crippen LogP contribution < -0.4 is 21.5 Å². The average Bonchev–Trinajstić information content (AvgIpc) is 2.65. The number of carbonyl (C=O) groups is 2. The maximum atomic E-state index is 12.3. The van der Waals surface area contributed by atoms with Crippen LogP contribution in [0.1, 0.15) is 29.6 Å². The van der Waals surface area contributed by atoms with E-state index in [4.69, 9.17) is 32.5 Å². The van der Waals surface area contributed by atoms with Gasteiger partial charge in [-0.25, -0.2) is 4.79 Å². The van der Waals surface area contributed by atoms with Gasteiger partial charge in [0.05, 0.1) is 17.8 Å². The molecule has 0 aromatic heterocycles. The number of nitrogen functional groups attached to an aromatic ring is 1. The molecule has 1 aliphatic rings. The number of nitrogens with one attached hydrogen (secondary N) is 1. The van der Waals surface area contributed by atoms with Crippen LogP contribution in [0.3, 0.4) is 0 Å². The van der Waals surface area contributed by atoms with Crippen molar-refractivity contribution in [2.75, 3.05) is 45.6 Å². The number of rotatable bonds is 8. The number of nitrogens with zero attached hydrogens (tertiary/aromatic N) is 1. The Morgan fingerprint density at radius 2 is 2.04 bits per heavy atom. The SMILES string of the molecule is COc1cc(N)c(Cl)cc1C(=O)OCCN1CCC(NC(=O)CCN)CC1. The summed E-state index contributed by atoms with van der Waals surface area (Å²) in [6.07, 6.45) is 2.09. The predicted octanol–water partition coefficient (Wildman–Crippen LogP) is 1.02. The van der Waals surface area contributed by atoms with E-state index in [2.05, 4.69) is 10.2 Å². The largest absolute Gasteiger partial charge is 0.496 e. The lowest BCUT2D eigenvalue weighted by Gasteiger charge is -2.32. The van der Waals surface area contributed by atoms with E-state index < -0.39 is 5.97 Å². The quantitative estimate of drug-likeness (QED) is 0.441. The van der Waals surface area contributed by atoms with Gasteiger partial charge in [0.15, 0.2) is 0 Å². The van der Waals surface area contributed by atoms with Crippen LogP contribution in [0.15, 0.2) is 12.1 Å². The van der Waals surface area contributed by atoms with Crippen molar-refractivity contribution >= 4 is 29.2 Å². The van der Waals surface area contributed by atoms with Crippen LogP contribution in [0.5, 0.6) is 5.75 Å². The summed E-state index contributed by atoms with van der Waals surface area (Å²) in [7, 11) is 1.45. The molecule has 9 heteroatoms. The van der Waals surface area contributed by atoms with Gasteiger partial charge >= 0.3 is 5.97 Å². The summed E-state index contributed by atoms with van der Waals surface area (Å²) in [5.74, 6) is -0.172. The second-order valence-corrected chi connectivity index (χ2v) is 6.84. The third-order valence-electron chi connectivity index (χ3n) is 4.50. The molecule has 1 heterocycles. The first-order valence-electron chi connectivity index (χ1n) is 8.96. The van der Waals surface area contributed by atoms with Gasteiger partial charge in [0.1, 0.15) is 17.9 Å². The Hall–Kier alpha value is -2.03. The molecule has 0 unspecified atom stereocenters. The molecule has 1 saturated heterocycles. The number of hydrogen-bond acceptors (Lipinski definition) is 7. The van der Waals surface area contributed by atoms with Gasteiger partial charge in [-0.3, -0.25) is 9.69 Å². The van der Waals surface area contributed by atoms with Crippen LogP contribution in [0.25, 0.3) is 0 Å². The summed E-state index contributed by atoms with van der Waals surface area (Å²) in [5, 5.41) is 3.27. The van der Waals surface area contributed by atoms with Crippen molar-refractivity contribution in [3.05, 3.63) is 22.7 Å². The Labute approximate surface area is 164 Å². The monoisotopic (exact) mass is 398 g/mol. The Morgan fingerprint density at radius 1 is 1.33 bits per heavy atom.